The van der Waals surface area contributed by atoms with Gasteiger partial charge in [0.15, 0.2) is 12.3 Å². The summed E-state index contributed by atoms with van der Waals surface area (Å²) >= 11 is 1.64. The number of carbonyl (C=O) groups excluding carboxylic acids is 1. The number of rotatable bonds is 9. The van der Waals surface area contributed by atoms with Crippen LogP contribution in [0.5, 0.6) is 5.75 Å². The zero-order chi connectivity index (χ0) is 19.1. The number of thiophene rings is 1. The highest BCUT2D eigenvalue weighted by Crippen LogP contribution is 2.17. The van der Waals surface area contributed by atoms with Crippen molar-refractivity contribution in [1.29, 1.82) is 0 Å². The first-order valence-corrected chi connectivity index (χ1v) is 9.19. The van der Waals surface area contributed by atoms with E-state index in [0.29, 0.717) is 18.8 Å². The van der Waals surface area contributed by atoms with Crippen molar-refractivity contribution in [3.8, 4) is 5.75 Å². The molecule has 1 aromatic carbocycles. The molecule has 0 bridgehead atoms. The van der Waals surface area contributed by atoms with E-state index in [4.69, 9.17) is 4.42 Å². The van der Waals surface area contributed by atoms with Crippen molar-refractivity contribution in [2.45, 2.75) is 19.7 Å². The van der Waals surface area contributed by atoms with Crippen molar-refractivity contribution >= 4 is 22.9 Å². The molecule has 2 N–H and O–H groups in total. The van der Waals surface area contributed by atoms with Crippen molar-refractivity contribution in [2.24, 2.45) is 0 Å². The SMILES string of the molecule is O=C(C[NH+](Cc1ccco1)Cc1cccs1)Nc1ccc(OC(F)F)cc1. The van der Waals surface area contributed by atoms with Gasteiger partial charge in [0.1, 0.15) is 18.8 Å². The molecular formula is C19H19F2N2O3S+. The van der Waals surface area contributed by atoms with Crippen LogP contribution in [0.4, 0.5) is 14.5 Å². The number of furan rings is 1. The zero-order valence-corrected chi connectivity index (χ0v) is 15.2. The molecule has 142 valence electrons. The third-order valence-electron chi connectivity index (χ3n) is 3.78. The fourth-order valence-corrected chi connectivity index (χ4v) is 3.44. The number of amides is 1. The molecule has 3 rings (SSSR count). The fraction of sp³-hybridized carbons (Fsp3) is 0.211. The molecule has 5 nitrogen and oxygen atoms in total. The summed E-state index contributed by atoms with van der Waals surface area (Å²) in [5.41, 5.74) is 0.523. The number of alkyl halides is 2. The maximum atomic E-state index is 12.4. The van der Waals surface area contributed by atoms with Gasteiger partial charge in [-0.25, -0.2) is 0 Å². The first kappa shape index (κ1) is 19.1. The van der Waals surface area contributed by atoms with Gasteiger partial charge in [-0.3, -0.25) is 4.79 Å². The molecule has 2 heterocycles. The second-order valence-corrected chi connectivity index (χ2v) is 6.92. The highest BCUT2D eigenvalue weighted by Gasteiger charge is 2.18. The number of anilines is 1. The molecule has 1 atom stereocenters. The van der Waals surface area contributed by atoms with E-state index in [1.807, 2.05) is 29.6 Å². The summed E-state index contributed by atoms with van der Waals surface area (Å²) < 4.78 is 34.1. The molecule has 0 aliphatic carbocycles. The number of benzene rings is 1. The molecule has 0 saturated carbocycles. The van der Waals surface area contributed by atoms with Gasteiger partial charge in [-0.1, -0.05) is 6.07 Å². The van der Waals surface area contributed by atoms with E-state index in [9.17, 15) is 13.6 Å². The lowest BCUT2D eigenvalue weighted by Crippen LogP contribution is -3.10. The third-order valence-corrected chi connectivity index (χ3v) is 4.66. The first-order valence-electron chi connectivity index (χ1n) is 8.31. The summed E-state index contributed by atoms with van der Waals surface area (Å²) in [4.78, 5) is 14.6. The van der Waals surface area contributed by atoms with Crippen LogP contribution in [0.3, 0.4) is 0 Å². The lowest BCUT2D eigenvalue weighted by atomic mass is 10.3. The minimum atomic E-state index is -2.87. The maximum Gasteiger partial charge on any atom is 0.387 e. The molecule has 0 aliphatic heterocycles. The van der Waals surface area contributed by atoms with E-state index in [-0.39, 0.29) is 18.2 Å². The van der Waals surface area contributed by atoms with Gasteiger partial charge in [0.05, 0.1) is 11.1 Å². The van der Waals surface area contributed by atoms with Gasteiger partial charge < -0.3 is 19.4 Å². The summed E-state index contributed by atoms with van der Waals surface area (Å²) in [6.07, 6.45) is 1.61. The summed E-state index contributed by atoms with van der Waals surface area (Å²) in [6, 6.07) is 13.6. The van der Waals surface area contributed by atoms with Crippen LogP contribution in [-0.4, -0.2) is 19.1 Å². The van der Waals surface area contributed by atoms with Crippen LogP contribution in [0.1, 0.15) is 10.6 Å². The van der Waals surface area contributed by atoms with Crippen molar-refractivity contribution in [3.63, 3.8) is 0 Å². The molecule has 0 fully saturated rings. The van der Waals surface area contributed by atoms with Gasteiger partial charge in [-0.05, 0) is 47.8 Å². The molecule has 0 radical (unpaired) electrons. The molecule has 0 aliphatic rings. The predicted octanol–water partition coefficient (Wildman–Crippen LogP) is 3.17. The Hall–Kier alpha value is -2.71. The van der Waals surface area contributed by atoms with E-state index in [1.54, 1.807) is 17.6 Å². The Kier molecular flexibility index (Phi) is 6.56. The van der Waals surface area contributed by atoms with Gasteiger partial charge >= 0.3 is 6.61 Å². The van der Waals surface area contributed by atoms with Crippen LogP contribution in [-0.2, 0) is 17.9 Å². The van der Waals surface area contributed by atoms with Crippen LogP contribution in [0.15, 0.2) is 64.6 Å². The number of hydrogen-bond acceptors (Lipinski definition) is 4. The lowest BCUT2D eigenvalue weighted by molar-refractivity contribution is -0.920. The van der Waals surface area contributed by atoms with E-state index < -0.39 is 6.61 Å². The van der Waals surface area contributed by atoms with Crippen molar-refractivity contribution in [3.05, 3.63) is 70.8 Å². The van der Waals surface area contributed by atoms with E-state index >= 15 is 0 Å². The largest absolute Gasteiger partial charge is 0.463 e. The summed E-state index contributed by atoms with van der Waals surface area (Å²) in [7, 11) is 0. The lowest BCUT2D eigenvalue weighted by Gasteiger charge is -2.17. The van der Waals surface area contributed by atoms with Gasteiger partial charge in [0, 0.05) is 5.69 Å². The van der Waals surface area contributed by atoms with Gasteiger partial charge in [-0.15, -0.1) is 11.3 Å². The normalized spacial score (nSPS) is 12.1. The van der Waals surface area contributed by atoms with Gasteiger partial charge in [-0.2, -0.15) is 8.78 Å². The molecular weight excluding hydrogens is 374 g/mol. The molecule has 8 heteroatoms. The fourth-order valence-electron chi connectivity index (χ4n) is 2.66. The van der Waals surface area contributed by atoms with Crippen LogP contribution in [0.25, 0.3) is 0 Å². The molecule has 1 amide bonds. The van der Waals surface area contributed by atoms with Crippen molar-refractivity contribution in [1.82, 2.24) is 0 Å². The number of carbonyl (C=O) groups is 1. The Bertz CT molecular complexity index is 785. The van der Waals surface area contributed by atoms with Crippen molar-refractivity contribution in [2.75, 3.05) is 11.9 Å². The van der Waals surface area contributed by atoms with Crippen LogP contribution in [0, 0.1) is 0 Å². The summed E-state index contributed by atoms with van der Waals surface area (Å²) in [5, 5.41) is 4.79. The zero-order valence-electron chi connectivity index (χ0n) is 14.4. The Morgan fingerprint density at radius 3 is 2.59 bits per heavy atom. The van der Waals surface area contributed by atoms with Crippen LogP contribution >= 0.6 is 11.3 Å². The van der Waals surface area contributed by atoms with Crippen LogP contribution in [0.2, 0.25) is 0 Å². The summed E-state index contributed by atoms with van der Waals surface area (Å²) in [6.45, 7) is -1.35. The molecule has 0 spiro atoms. The monoisotopic (exact) mass is 393 g/mol. The van der Waals surface area contributed by atoms with Gasteiger partial charge in [0.2, 0.25) is 0 Å². The number of halogens is 2. The van der Waals surface area contributed by atoms with Crippen LogP contribution < -0.4 is 15.0 Å². The molecule has 27 heavy (non-hydrogen) atoms. The highest BCUT2D eigenvalue weighted by atomic mass is 32.1. The Balaban J connectivity index is 1.59. The maximum absolute atomic E-state index is 12.4. The standard InChI is InChI=1S/C19H18F2N2O3S/c20-19(21)26-15-7-5-14(6-8-15)22-18(24)13-23(11-16-3-1-9-25-16)12-17-4-2-10-27-17/h1-10,19H,11-13H2,(H,22,24)/p+1. The average molecular weight is 393 g/mol. The molecule has 1 unspecified atom stereocenters. The first-order chi connectivity index (χ1) is 13.1. The predicted molar refractivity (Wildman–Crippen MR) is 98.0 cm³/mol. The van der Waals surface area contributed by atoms with Crippen molar-refractivity contribution < 1.29 is 27.6 Å². The molecule has 0 saturated heterocycles. The van der Waals surface area contributed by atoms with Gasteiger partial charge in [0.25, 0.3) is 5.91 Å². The Labute approximate surface area is 159 Å². The van der Waals surface area contributed by atoms with E-state index in [0.717, 1.165) is 10.7 Å². The number of quaternary nitrogens is 1. The summed E-state index contributed by atoms with van der Waals surface area (Å²) in [5.74, 6) is 0.685. The van der Waals surface area contributed by atoms with E-state index in [1.165, 1.54) is 29.1 Å². The Morgan fingerprint density at radius 2 is 1.96 bits per heavy atom. The number of ether oxygens (including phenoxy) is 1. The quantitative estimate of drug-likeness (QED) is 0.587. The minimum absolute atomic E-state index is 0.0470. The third kappa shape index (κ3) is 6.19. The average Bonchev–Trinajstić information content (AvgIpc) is 3.30. The highest BCUT2D eigenvalue weighted by molar-refractivity contribution is 7.09. The molecule has 2 aromatic heterocycles. The molecule has 3 aromatic rings. The number of hydrogen-bond donors (Lipinski definition) is 2. The topological polar surface area (TPSA) is 55.9 Å². The minimum Gasteiger partial charge on any atom is -0.463 e. The second-order valence-electron chi connectivity index (χ2n) is 5.89. The Morgan fingerprint density at radius 1 is 1.15 bits per heavy atom. The van der Waals surface area contributed by atoms with E-state index in [2.05, 4.69) is 10.1 Å². The second kappa shape index (κ2) is 9.29. The smallest absolute Gasteiger partial charge is 0.387 e. The number of nitrogens with one attached hydrogen (secondary N) is 2.